The first-order valence-electron chi connectivity index (χ1n) is 5.65. The maximum absolute atomic E-state index is 12.1. The van der Waals surface area contributed by atoms with Crippen LogP contribution < -0.4 is 0 Å². The second-order valence-corrected chi connectivity index (χ2v) is 4.21. The Morgan fingerprint density at radius 2 is 2.29 bits per heavy atom. The van der Waals surface area contributed by atoms with Gasteiger partial charge in [-0.1, -0.05) is 6.92 Å². The molecule has 0 aromatic carbocycles. The third-order valence-electron chi connectivity index (χ3n) is 2.76. The molecule has 0 bridgehead atoms. The maximum atomic E-state index is 12.1. The molecule has 1 fully saturated rings. The number of morpholine rings is 1. The molecule has 98 valence electrons. The lowest BCUT2D eigenvalue weighted by atomic mass is 10.1. The Morgan fingerprint density at radius 3 is 2.88 bits per heavy atom. The Kier molecular flexibility index (Phi) is 5.37. The van der Waals surface area contributed by atoms with Gasteiger partial charge >= 0.3 is 5.97 Å². The molecule has 1 saturated heterocycles. The van der Waals surface area contributed by atoms with Gasteiger partial charge in [0.2, 0.25) is 5.91 Å². The Bertz CT molecular complexity index is 281. The van der Waals surface area contributed by atoms with Crippen LogP contribution in [0.4, 0.5) is 0 Å². The number of carboxylic acids is 1. The minimum absolute atomic E-state index is 0.0681. The first-order chi connectivity index (χ1) is 8.06. The number of amides is 1. The number of carbonyl (C=O) groups excluding carboxylic acids is 1. The lowest BCUT2D eigenvalue weighted by Crippen LogP contribution is -2.51. The van der Waals surface area contributed by atoms with Gasteiger partial charge in [0.15, 0.2) is 0 Å². The van der Waals surface area contributed by atoms with Crippen LogP contribution in [-0.4, -0.2) is 61.4 Å². The minimum Gasteiger partial charge on any atom is -0.481 e. The SMILES string of the molecule is COCC(C)C(=O)N1CCOCC1CC(=O)O. The Labute approximate surface area is 100 Å². The summed E-state index contributed by atoms with van der Waals surface area (Å²) in [6, 6.07) is -0.368. The van der Waals surface area contributed by atoms with Crippen molar-refractivity contribution in [1.82, 2.24) is 4.90 Å². The molecule has 0 saturated carbocycles. The van der Waals surface area contributed by atoms with Crippen LogP contribution in [0.5, 0.6) is 0 Å². The molecule has 0 aromatic heterocycles. The number of nitrogens with zero attached hydrogens (tertiary/aromatic N) is 1. The zero-order valence-corrected chi connectivity index (χ0v) is 10.2. The van der Waals surface area contributed by atoms with Crippen molar-refractivity contribution in [1.29, 1.82) is 0 Å². The lowest BCUT2D eigenvalue weighted by Gasteiger charge is -2.36. The molecule has 17 heavy (non-hydrogen) atoms. The van der Waals surface area contributed by atoms with Crippen molar-refractivity contribution in [2.45, 2.75) is 19.4 Å². The van der Waals surface area contributed by atoms with E-state index in [0.717, 1.165) is 0 Å². The van der Waals surface area contributed by atoms with Gasteiger partial charge in [-0.3, -0.25) is 9.59 Å². The highest BCUT2D eigenvalue weighted by molar-refractivity contribution is 5.80. The van der Waals surface area contributed by atoms with Crippen LogP contribution in [0.2, 0.25) is 0 Å². The van der Waals surface area contributed by atoms with Crippen LogP contribution in [0.25, 0.3) is 0 Å². The van der Waals surface area contributed by atoms with Crippen molar-refractivity contribution >= 4 is 11.9 Å². The smallest absolute Gasteiger partial charge is 0.305 e. The highest BCUT2D eigenvalue weighted by Crippen LogP contribution is 2.14. The summed E-state index contributed by atoms with van der Waals surface area (Å²) in [4.78, 5) is 24.4. The van der Waals surface area contributed by atoms with Crippen LogP contribution >= 0.6 is 0 Å². The van der Waals surface area contributed by atoms with Gasteiger partial charge in [0.1, 0.15) is 0 Å². The van der Waals surface area contributed by atoms with Gasteiger partial charge in [-0.15, -0.1) is 0 Å². The quantitative estimate of drug-likeness (QED) is 0.736. The Morgan fingerprint density at radius 1 is 1.59 bits per heavy atom. The number of rotatable bonds is 5. The number of ether oxygens (including phenoxy) is 2. The topological polar surface area (TPSA) is 76.1 Å². The summed E-state index contributed by atoms with van der Waals surface area (Å²) >= 11 is 0. The van der Waals surface area contributed by atoms with Crippen molar-refractivity contribution in [2.75, 3.05) is 33.5 Å². The Hall–Kier alpha value is -1.14. The maximum Gasteiger partial charge on any atom is 0.305 e. The van der Waals surface area contributed by atoms with Crippen LogP contribution in [0, 0.1) is 5.92 Å². The molecule has 1 amide bonds. The van der Waals surface area contributed by atoms with Gasteiger partial charge in [-0.25, -0.2) is 0 Å². The lowest BCUT2D eigenvalue weighted by molar-refractivity contribution is -0.149. The molecule has 2 unspecified atom stereocenters. The number of carboxylic acid groups (broad SMARTS) is 1. The second kappa shape index (κ2) is 6.56. The number of carbonyl (C=O) groups is 2. The minimum atomic E-state index is -0.919. The molecule has 0 aromatic rings. The van der Waals surface area contributed by atoms with E-state index in [2.05, 4.69) is 0 Å². The van der Waals surface area contributed by atoms with E-state index in [1.807, 2.05) is 0 Å². The van der Waals surface area contributed by atoms with Gasteiger partial charge in [-0.2, -0.15) is 0 Å². The third-order valence-corrected chi connectivity index (χ3v) is 2.76. The normalized spacial score (nSPS) is 22.2. The number of hydrogen-bond acceptors (Lipinski definition) is 4. The van der Waals surface area contributed by atoms with Gasteiger partial charge < -0.3 is 19.5 Å². The van der Waals surface area contributed by atoms with Gasteiger partial charge in [0, 0.05) is 13.7 Å². The summed E-state index contributed by atoms with van der Waals surface area (Å²) in [6.07, 6.45) is -0.0779. The van der Waals surface area contributed by atoms with E-state index in [9.17, 15) is 9.59 Å². The molecule has 6 heteroatoms. The zero-order valence-electron chi connectivity index (χ0n) is 10.2. The molecule has 1 N–H and O–H groups in total. The van der Waals surface area contributed by atoms with Crippen LogP contribution in [0.15, 0.2) is 0 Å². The fourth-order valence-electron chi connectivity index (χ4n) is 1.92. The van der Waals surface area contributed by atoms with Gasteiger partial charge in [0.05, 0.1) is 38.2 Å². The van der Waals surface area contributed by atoms with E-state index in [4.69, 9.17) is 14.6 Å². The third kappa shape index (κ3) is 3.98. The van der Waals surface area contributed by atoms with Crippen LogP contribution in [0.3, 0.4) is 0 Å². The summed E-state index contributed by atoms with van der Waals surface area (Å²) in [5, 5.41) is 8.79. The predicted octanol–water partition coefficient (Wildman–Crippen LogP) is -0.0290. The number of aliphatic carboxylic acids is 1. The first-order valence-corrected chi connectivity index (χ1v) is 5.65. The van der Waals surface area contributed by atoms with E-state index in [0.29, 0.717) is 19.8 Å². The summed E-state index contributed by atoms with van der Waals surface area (Å²) < 4.78 is 10.2. The zero-order chi connectivity index (χ0) is 12.8. The average Bonchev–Trinajstić information content (AvgIpc) is 2.28. The van der Waals surface area contributed by atoms with E-state index >= 15 is 0 Å². The van der Waals surface area contributed by atoms with Gasteiger partial charge in [0.25, 0.3) is 0 Å². The summed E-state index contributed by atoms with van der Waals surface area (Å²) in [7, 11) is 1.54. The molecule has 1 aliphatic rings. The van der Waals surface area contributed by atoms with Crippen molar-refractivity contribution < 1.29 is 24.2 Å². The van der Waals surface area contributed by atoms with Crippen molar-refractivity contribution in [3.8, 4) is 0 Å². The van der Waals surface area contributed by atoms with Gasteiger partial charge in [-0.05, 0) is 0 Å². The molecule has 1 heterocycles. The monoisotopic (exact) mass is 245 g/mol. The van der Waals surface area contributed by atoms with Crippen molar-refractivity contribution in [2.24, 2.45) is 5.92 Å². The van der Waals surface area contributed by atoms with Crippen LogP contribution in [0.1, 0.15) is 13.3 Å². The largest absolute Gasteiger partial charge is 0.481 e. The summed E-state index contributed by atoms with van der Waals surface area (Å²) in [5.41, 5.74) is 0. The summed E-state index contributed by atoms with van der Waals surface area (Å²) in [5.74, 6) is -1.24. The number of hydrogen-bond donors (Lipinski definition) is 1. The average molecular weight is 245 g/mol. The molecule has 6 nitrogen and oxygen atoms in total. The highest BCUT2D eigenvalue weighted by Gasteiger charge is 2.31. The molecule has 0 aliphatic carbocycles. The molecule has 0 radical (unpaired) electrons. The predicted molar refractivity (Wildman–Crippen MR) is 59.6 cm³/mol. The molecule has 1 rings (SSSR count). The van der Waals surface area contributed by atoms with E-state index < -0.39 is 5.97 Å². The molecule has 2 atom stereocenters. The fourth-order valence-corrected chi connectivity index (χ4v) is 1.92. The first kappa shape index (κ1) is 13.9. The standard InChI is InChI=1S/C11H19NO5/c1-8(6-16-2)11(15)12-3-4-17-7-9(12)5-10(13)14/h8-9H,3-7H2,1-2H3,(H,13,14). The summed E-state index contributed by atoms with van der Waals surface area (Å²) in [6.45, 7) is 3.32. The molecule has 1 aliphatic heterocycles. The van der Waals surface area contributed by atoms with E-state index in [1.165, 1.54) is 7.11 Å². The number of methoxy groups -OCH3 is 1. The Balaban J connectivity index is 2.63. The van der Waals surface area contributed by atoms with E-state index in [-0.39, 0.29) is 30.9 Å². The molecular weight excluding hydrogens is 226 g/mol. The fraction of sp³-hybridized carbons (Fsp3) is 0.818. The molecular formula is C11H19NO5. The van der Waals surface area contributed by atoms with Crippen LogP contribution in [-0.2, 0) is 19.1 Å². The molecule has 0 spiro atoms. The highest BCUT2D eigenvalue weighted by atomic mass is 16.5. The second-order valence-electron chi connectivity index (χ2n) is 4.21. The van der Waals surface area contributed by atoms with Crippen molar-refractivity contribution in [3.05, 3.63) is 0 Å². The van der Waals surface area contributed by atoms with Crippen molar-refractivity contribution in [3.63, 3.8) is 0 Å². The van der Waals surface area contributed by atoms with E-state index in [1.54, 1.807) is 11.8 Å².